The average Bonchev–Trinajstić information content (AvgIpc) is 3.53. The van der Waals surface area contributed by atoms with Gasteiger partial charge in [0.15, 0.2) is 23.2 Å². The van der Waals surface area contributed by atoms with Crippen LogP contribution in [0.5, 0.6) is 0 Å². The van der Waals surface area contributed by atoms with Crippen LogP contribution in [0, 0.1) is 0 Å². The summed E-state index contributed by atoms with van der Waals surface area (Å²) in [5.74, 6) is 1.55. The average molecular weight is 460 g/mol. The van der Waals surface area contributed by atoms with Gasteiger partial charge < -0.3 is 30.3 Å². The van der Waals surface area contributed by atoms with E-state index < -0.39 is 31.1 Å². The zero-order valence-corrected chi connectivity index (χ0v) is 18.3. The first-order valence-electron chi connectivity index (χ1n) is 10.4. The topological polar surface area (TPSA) is 142 Å². The Labute approximate surface area is 188 Å². The van der Waals surface area contributed by atoms with Gasteiger partial charge in [0, 0.05) is 30.2 Å². The molecule has 0 unspecified atom stereocenters. The first kappa shape index (κ1) is 21.3. The molecule has 0 bridgehead atoms. The Morgan fingerprint density at radius 2 is 2.06 bits per heavy atom. The fourth-order valence-corrected chi connectivity index (χ4v) is 4.58. The molecule has 2 fully saturated rings. The highest BCUT2D eigenvalue weighted by Crippen LogP contribution is 2.32. The van der Waals surface area contributed by atoms with Crippen molar-refractivity contribution < 1.29 is 20.1 Å². The van der Waals surface area contributed by atoms with Crippen molar-refractivity contribution in [3.63, 3.8) is 0 Å². The Hall–Kier alpha value is -2.51. The predicted octanol–water partition coefficient (Wildman–Crippen LogP) is 0.245. The standard InChI is InChI=1S/C20H25N7O4S/c1-32-12-2-3-14(21-6-12)26-5-4-11(7-26)25-18-15-19(23-9-22-18)27(10-24-15)20-17(30)16(29)13(8-28)31-20/h2-3,6,9-11,13,16-17,20,28-30H,4-5,7-8H2,1H3,(H,22,23,25)/t11-,13-,16-,17-,20-/m1/s1. The molecular weight excluding hydrogens is 434 g/mol. The van der Waals surface area contributed by atoms with Crippen LogP contribution in [0.4, 0.5) is 11.6 Å². The highest BCUT2D eigenvalue weighted by atomic mass is 32.2. The minimum atomic E-state index is -1.20. The van der Waals surface area contributed by atoms with Crippen molar-refractivity contribution >= 4 is 34.6 Å². The molecule has 32 heavy (non-hydrogen) atoms. The molecule has 0 aliphatic carbocycles. The first-order valence-corrected chi connectivity index (χ1v) is 11.6. The maximum absolute atomic E-state index is 10.4. The van der Waals surface area contributed by atoms with E-state index in [-0.39, 0.29) is 6.04 Å². The second-order valence-electron chi connectivity index (χ2n) is 7.91. The first-order chi connectivity index (χ1) is 15.6. The van der Waals surface area contributed by atoms with Crippen molar-refractivity contribution in [2.24, 2.45) is 0 Å². The van der Waals surface area contributed by atoms with Crippen molar-refractivity contribution in [1.29, 1.82) is 0 Å². The largest absolute Gasteiger partial charge is 0.394 e. The molecule has 0 spiro atoms. The van der Waals surface area contributed by atoms with Crippen molar-refractivity contribution in [1.82, 2.24) is 24.5 Å². The molecule has 4 N–H and O–H groups in total. The summed E-state index contributed by atoms with van der Waals surface area (Å²) < 4.78 is 7.18. The number of nitrogens with zero attached hydrogens (tertiary/aromatic N) is 6. The Morgan fingerprint density at radius 1 is 1.19 bits per heavy atom. The number of aliphatic hydroxyl groups is 3. The molecule has 0 aromatic carbocycles. The number of ether oxygens (including phenoxy) is 1. The zero-order valence-electron chi connectivity index (χ0n) is 17.4. The quantitative estimate of drug-likeness (QED) is 0.377. The van der Waals surface area contributed by atoms with Gasteiger partial charge in [-0.15, -0.1) is 11.8 Å². The number of fused-ring (bicyclic) bond motifs is 1. The summed E-state index contributed by atoms with van der Waals surface area (Å²) in [4.78, 5) is 21.0. The van der Waals surface area contributed by atoms with E-state index in [0.717, 1.165) is 30.2 Å². The van der Waals surface area contributed by atoms with Crippen molar-refractivity contribution in [2.45, 2.75) is 41.9 Å². The van der Waals surface area contributed by atoms with Crippen LogP contribution < -0.4 is 10.2 Å². The Morgan fingerprint density at radius 3 is 2.78 bits per heavy atom. The molecule has 5 heterocycles. The van der Waals surface area contributed by atoms with Gasteiger partial charge in [0.1, 0.15) is 30.5 Å². The molecule has 2 saturated heterocycles. The third-order valence-corrected chi connectivity index (χ3v) is 6.67. The second-order valence-corrected chi connectivity index (χ2v) is 8.79. The number of aromatic nitrogens is 5. The second kappa shape index (κ2) is 8.79. The smallest absolute Gasteiger partial charge is 0.167 e. The number of imidazole rings is 1. The van der Waals surface area contributed by atoms with Gasteiger partial charge >= 0.3 is 0 Å². The van der Waals surface area contributed by atoms with Crippen molar-refractivity contribution in [3.05, 3.63) is 31.0 Å². The van der Waals surface area contributed by atoms with Crippen LogP contribution in [-0.4, -0.2) is 90.1 Å². The molecule has 12 heteroatoms. The SMILES string of the molecule is CSc1ccc(N2CC[C@@H](Nc3ncnc4c3ncn4[C@@H]3O[C@H](CO)[C@@H](O)[C@H]3O)C2)nc1. The van der Waals surface area contributed by atoms with Gasteiger partial charge in [-0.05, 0) is 24.8 Å². The summed E-state index contributed by atoms with van der Waals surface area (Å²) in [7, 11) is 0. The van der Waals surface area contributed by atoms with Gasteiger partial charge in [0.25, 0.3) is 0 Å². The van der Waals surface area contributed by atoms with E-state index in [0.29, 0.717) is 17.0 Å². The fraction of sp³-hybridized carbons (Fsp3) is 0.500. The van der Waals surface area contributed by atoms with Gasteiger partial charge in [-0.3, -0.25) is 4.57 Å². The van der Waals surface area contributed by atoms with Gasteiger partial charge in [-0.25, -0.2) is 19.9 Å². The number of hydrogen-bond donors (Lipinski definition) is 4. The molecule has 170 valence electrons. The lowest BCUT2D eigenvalue weighted by Crippen LogP contribution is -2.33. The maximum atomic E-state index is 10.4. The molecule has 0 saturated carbocycles. The van der Waals surface area contributed by atoms with Crippen LogP contribution in [0.2, 0.25) is 0 Å². The van der Waals surface area contributed by atoms with Gasteiger partial charge in [-0.1, -0.05) is 0 Å². The zero-order chi connectivity index (χ0) is 22.2. The van der Waals surface area contributed by atoms with E-state index in [9.17, 15) is 15.3 Å². The van der Waals surface area contributed by atoms with E-state index in [1.165, 1.54) is 12.7 Å². The minimum Gasteiger partial charge on any atom is -0.394 e. The highest BCUT2D eigenvalue weighted by molar-refractivity contribution is 7.98. The minimum absolute atomic E-state index is 0.161. The molecule has 5 rings (SSSR count). The summed E-state index contributed by atoms with van der Waals surface area (Å²) >= 11 is 1.67. The Bertz CT molecular complexity index is 1080. The van der Waals surface area contributed by atoms with Gasteiger partial charge in [0.2, 0.25) is 0 Å². The molecule has 11 nitrogen and oxygen atoms in total. The van der Waals surface area contributed by atoms with E-state index in [2.05, 4.69) is 36.2 Å². The third kappa shape index (κ3) is 3.77. The van der Waals surface area contributed by atoms with E-state index in [1.807, 2.05) is 18.5 Å². The highest BCUT2D eigenvalue weighted by Gasteiger charge is 2.44. The number of aliphatic hydroxyl groups excluding tert-OH is 3. The molecule has 0 radical (unpaired) electrons. The molecule has 3 aromatic rings. The summed E-state index contributed by atoms with van der Waals surface area (Å²) in [6.45, 7) is 1.28. The molecule has 2 aliphatic rings. The van der Waals surface area contributed by atoms with Gasteiger partial charge in [0.05, 0.1) is 12.9 Å². The summed E-state index contributed by atoms with van der Waals surface area (Å²) in [5.41, 5.74) is 1.02. The summed E-state index contributed by atoms with van der Waals surface area (Å²) in [6, 6.07) is 4.28. The molecule has 2 aliphatic heterocycles. The fourth-order valence-electron chi connectivity index (χ4n) is 4.21. The van der Waals surface area contributed by atoms with Crippen LogP contribution in [0.3, 0.4) is 0 Å². The Balaban J connectivity index is 1.32. The summed E-state index contributed by atoms with van der Waals surface area (Å²) in [5, 5.41) is 33.2. The maximum Gasteiger partial charge on any atom is 0.167 e. The van der Waals surface area contributed by atoms with Gasteiger partial charge in [-0.2, -0.15) is 0 Å². The lowest BCUT2D eigenvalue weighted by molar-refractivity contribution is -0.0511. The number of hydrogen-bond acceptors (Lipinski definition) is 11. The van der Waals surface area contributed by atoms with Crippen molar-refractivity contribution in [2.75, 3.05) is 36.2 Å². The molecule has 0 amide bonds. The van der Waals surface area contributed by atoms with E-state index in [4.69, 9.17) is 4.74 Å². The van der Waals surface area contributed by atoms with Crippen LogP contribution in [-0.2, 0) is 4.74 Å². The van der Waals surface area contributed by atoms with E-state index >= 15 is 0 Å². The lowest BCUT2D eigenvalue weighted by Gasteiger charge is -2.18. The normalized spacial score (nSPS) is 28.0. The monoisotopic (exact) mass is 459 g/mol. The predicted molar refractivity (Wildman–Crippen MR) is 119 cm³/mol. The number of nitrogens with one attached hydrogen (secondary N) is 1. The van der Waals surface area contributed by atoms with Crippen LogP contribution in [0.1, 0.15) is 12.6 Å². The summed E-state index contributed by atoms with van der Waals surface area (Å²) in [6.07, 6.45) is 3.62. The number of anilines is 2. The van der Waals surface area contributed by atoms with Crippen LogP contribution >= 0.6 is 11.8 Å². The number of pyridine rings is 1. The van der Waals surface area contributed by atoms with Crippen LogP contribution in [0.25, 0.3) is 11.2 Å². The number of thioether (sulfide) groups is 1. The lowest BCUT2D eigenvalue weighted by atomic mass is 10.1. The molecule has 3 aromatic heterocycles. The van der Waals surface area contributed by atoms with E-state index in [1.54, 1.807) is 16.3 Å². The molecular formula is C20H25N7O4S. The molecule has 5 atom stereocenters. The van der Waals surface area contributed by atoms with Crippen LogP contribution in [0.15, 0.2) is 35.9 Å². The third-order valence-electron chi connectivity index (χ3n) is 5.96. The Kier molecular flexibility index (Phi) is 5.86. The number of rotatable bonds is 6. The van der Waals surface area contributed by atoms with Crippen molar-refractivity contribution in [3.8, 4) is 0 Å².